The van der Waals surface area contributed by atoms with E-state index >= 15 is 0 Å². The first-order chi connectivity index (χ1) is 13.3. The largest absolute Gasteiger partial charge is 0.492 e. The van der Waals surface area contributed by atoms with Gasteiger partial charge in [-0.25, -0.2) is 0 Å². The molecule has 0 fully saturated rings. The van der Waals surface area contributed by atoms with Crippen LogP contribution < -0.4 is 9.47 Å². The summed E-state index contributed by atoms with van der Waals surface area (Å²) >= 11 is 0. The second kappa shape index (κ2) is 14.6. The molecule has 1 rings (SSSR count). The maximum Gasteiger partial charge on any atom is 0.139 e. The van der Waals surface area contributed by atoms with Crippen LogP contribution in [-0.4, -0.2) is 13.2 Å². The molecule has 2 nitrogen and oxygen atoms in total. The molecule has 0 aliphatic rings. The SMILES string of the molecule is C=CCCOc1cc(OCC=C)c(C#CCCCC)cc1C#CCCCC. The van der Waals surface area contributed by atoms with Gasteiger partial charge in [0.25, 0.3) is 0 Å². The molecule has 0 amide bonds. The van der Waals surface area contributed by atoms with E-state index in [4.69, 9.17) is 9.47 Å². The number of unbranched alkanes of at least 4 members (excludes halogenated alkanes) is 4. The van der Waals surface area contributed by atoms with Crippen molar-refractivity contribution in [3.8, 4) is 35.2 Å². The third-order valence-corrected chi connectivity index (χ3v) is 3.77. The highest BCUT2D eigenvalue weighted by Gasteiger charge is 2.10. The zero-order valence-corrected chi connectivity index (χ0v) is 16.9. The van der Waals surface area contributed by atoms with Crippen LogP contribution in [0, 0.1) is 23.7 Å². The Hall–Kier alpha value is -2.58. The number of rotatable bonds is 11. The summed E-state index contributed by atoms with van der Waals surface area (Å²) in [6, 6.07) is 3.89. The van der Waals surface area contributed by atoms with Gasteiger partial charge < -0.3 is 9.47 Å². The fourth-order valence-corrected chi connectivity index (χ4v) is 2.24. The first-order valence-electron chi connectivity index (χ1n) is 9.89. The molecule has 1 aromatic carbocycles. The van der Waals surface area contributed by atoms with E-state index in [1.54, 1.807) is 6.08 Å². The van der Waals surface area contributed by atoms with Gasteiger partial charge in [0.15, 0.2) is 0 Å². The standard InChI is InChI=1S/C25H32O2/c1-5-9-12-14-16-22-20-23(17-15-13-10-6-2)25(27-19-11-7-3)21-24(22)26-18-8-4/h7-8,20-21H,3-6,9-13,18-19H2,1-2H3. The predicted octanol–water partition coefficient (Wildman–Crippen LogP) is 6.29. The first-order valence-corrected chi connectivity index (χ1v) is 9.89. The number of benzene rings is 1. The number of hydrogen-bond acceptors (Lipinski definition) is 2. The summed E-state index contributed by atoms with van der Waals surface area (Å²) < 4.78 is 11.7. The number of ether oxygens (including phenoxy) is 2. The van der Waals surface area contributed by atoms with Crippen molar-refractivity contribution in [1.82, 2.24) is 0 Å². The molecule has 0 atom stereocenters. The summed E-state index contributed by atoms with van der Waals surface area (Å²) in [6.45, 7) is 12.8. The average Bonchev–Trinajstić information content (AvgIpc) is 2.68. The van der Waals surface area contributed by atoms with Crippen LogP contribution in [-0.2, 0) is 0 Å². The molecule has 0 saturated carbocycles. The zero-order chi connectivity index (χ0) is 19.7. The lowest BCUT2D eigenvalue weighted by Gasteiger charge is -2.12. The van der Waals surface area contributed by atoms with Crippen molar-refractivity contribution >= 4 is 0 Å². The van der Waals surface area contributed by atoms with Crippen LogP contribution in [0.3, 0.4) is 0 Å². The Morgan fingerprint density at radius 3 is 1.96 bits per heavy atom. The number of hydrogen-bond donors (Lipinski definition) is 0. The maximum atomic E-state index is 5.93. The van der Waals surface area contributed by atoms with Crippen LogP contribution in [0.4, 0.5) is 0 Å². The summed E-state index contributed by atoms with van der Waals surface area (Å²) in [5, 5.41) is 0. The van der Waals surface area contributed by atoms with Crippen molar-refractivity contribution in [3.05, 3.63) is 48.6 Å². The monoisotopic (exact) mass is 364 g/mol. The minimum Gasteiger partial charge on any atom is -0.492 e. The van der Waals surface area contributed by atoms with Gasteiger partial charge in [0.1, 0.15) is 18.1 Å². The smallest absolute Gasteiger partial charge is 0.139 e. The van der Waals surface area contributed by atoms with E-state index in [2.05, 4.69) is 50.7 Å². The van der Waals surface area contributed by atoms with Gasteiger partial charge in [0, 0.05) is 18.9 Å². The molecule has 0 bridgehead atoms. The Morgan fingerprint density at radius 1 is 0.852 bits per heavy atom. The van der Waals surface area contributed by atoms with Crippen molar-refractivity contribution in [2.45, 2.75) is 58.8 Å². The summed E-state index contributed by atoms with van der Waals surface area (Å²) in [5.74, 6) is 14.4. The van der Waals surface area contributed by atoms with Crippen molar-refractivity contribution in [2.75, 3.05) is 13.2 Å². The summed E-state index contributed by atoms with van der Waals surface area (Å²) in [5.41, 5.74) is 1.71. The van der Waals surface area contributed by atoms with Gasteiger partial charge in [-0.3, -0.25) is 0 Å². The molecule has 0 heterocycles. The Bertz CT molecular complexity index is 708. The lowest BCUT2D eigenvalue weighted by atomic mass is 10.1. The first kappa shape index (κ1) is 22.5. The predicted molar refractivity (Wildman–Crippen MR) is 115 cm³/mol. The molecule has 0 spiro atoms. The van der Waals surface area contributed by atoms with Crippen LogP contribution in [0.1, 0.15) is 69.9 Å². The highest BCUT2D eigenvalue weighted by atomic mass is 16.5. The minimum absolute atomic E-state index is 0.428. The van der Waals surface area contributed by atoms with Gasteiger partial charge in [-0.15, -0.1) is 6.58 Å². The highest BCUT2D eigenvalue weighted by molar-refractivity contribution is 5.58. The fourth-order valence-electron chi connectivity index (χ4n) is 2.24. The lowest BCUT2D eigenvalue weighted by Crippen LogP contribution is -2.01. The molecule has 144 valence electrons. The summed E-state index contributed by atoms with van der Waals surface area (Å²) in [4.78, 5) is 0. The molecule has 0 radical (unpaired) electrons. The molecule has 0 aliphatic heterocycles. The molecule has 2 heteroatoms. The Labute approximate surface area is 165 Å². The quantitative estimate of drug-likeness (QED) is 0.261. The van der Waals surface area contributed by atoms with Gasteiger partial charge in [-0.2, -0.15) is 0 Å². The lowest BCUT2D eigenvalue weighted by molar-refractivity contribution is 0.317. The average molecular weight is 365 g/mol. The van der Waals surface area contributed by atoms with Gasteiger partial charge in [-0.1, -0.05) is 69.1 Å². The topological polar surface area (TPSA) is 18.5 Å². The van der Waals surface area contributed by atoms with E-state index in [1.165, 1.54) is 0 Å². The second-order valence-corrected chi connectivity index (χ2v) is 6.18. The molecular formula is C25H32O2. The molecule has 0 saturated heterocycles. The molecule has 27 heavy (non-hydrogen) atoms. The third kappa shape index (κ3) is 9.07. The van der Waals surface area contributed by atoms with Crippen molar-refractivity contribution in [2.24, 2.45) is 0 Å². The van der Waals surface area contributed by atoms with E-state index in [1.807, 2.05) is 18.2 Å². The van der Waals surface area contributed by atoms with E-state index in [-0.39, 0.29) is 0 Å². The molecule has 0 N–H and O–H groups in total. The Balaban J connectivity index is 3.21. The molecular weight excluding hydrogens is 332 g/mol. The van der Waals surface area contributed by atoms with Crippen molar-refractivity contribution < 1.29 is 9.47 Å². The summed E-state index contributed by atoms with van der Waals surface area (Å²) in [7, 11) is 0. The summed E-state index contributed by atoms with van der Waals surface area (Å²) in [6.07, 6.45) is 10.6. The van der Waals surface area contributed by atoms with E-state index < -0.39 is 0 Å². The zero-order valence-electron chi connectivity index (χ0n) is 16.9. The van der Waals surface area contributed by atoms with Gasteiger partial charge in [0.2, 0.25) is 0 Å². The second-order valence-electron chi connectivity index (χ2n) is 6.18. The van der Waals surface area contributed by atoms with Crippen LogP contribution in [0.5, 0.6) is 11.5 Å². The van der Waals surface area contributed by atoms with Gasteiger partial charge in [0.05, 0.1) is 17.7 Å². The van der Waals surface area contributed by atoms with Crippen molar-refractivity contribution in [3.63, 3.8) is 0 Å². The highest BCUT2D eigenvalue weighted by Crippen LogP contribution is 2.29. The van der Waals surface area contributed by atoms with E-state index in [0.717, 1.165) is 61.8 Å². The maximum absolute atomic E-state index is 5.93. The molecule has 0 aromatic heterocycles. The molecule has 0 unspecified atom stereocenters. The molecule has 0 aliphatic carbocycles. The minimum atomic E-state index is 0.428. The molecule has 1 aromatic rings. The van der Waals surface area contributed by atoms with Crippen LogP contribution in [0.25, 0.3) is 0 Å². The van der Waals surface area contributed by atoms with Crippen LogP contribution in [0.15, 0.2) is 37.4 Å². The third-order valence-electron chi connectivity index (χ3n) is 3.77. The fraction of sp³-hybridized carbons (Fsp3) is 0.440. The van der Waals surface area contributed by atoms with Crippen LogP contribution >= 0.6 is 0 Å². The Morgan fingerprint density at radius 2 is 1.44 bits per heavy atom. The normalized spacial score (nSPS) is 9.41. The van der Waals surface area contributed by atoms with E-state index in [0.29, 0.717) is 19.0 Å². The van der Waals surface area contributed by atoms with Gasteiger partial charge in [-0.05, 0) is 25.3 Å². The van der Waals surface area contributed by atoms with Gasteiger partial charge >= 0.3 is 0 Å². The van der Waals surface area contributed by atoms with Crippen LogP contribution in [0.2, 0.25) is 0 Å². The van der Waals surface area contributed by atoms with Crippen molar-refractivity contribution in [1.29, 1.82) is 0 Å². The van der Waals surface area contributed by atoms with E-state index in [9.17, 15) is 0 Å². The Kier molecular flexibility index (Phi) is 12.1.